The molecule has 5 nitrogen and oxygen atoms in total. The second kappa shape index (κ2) is 5.41. The fourth-order valence-electron chi connectivity index (χ4n) is 3.57. The molecule has 0 saturated carbocycles. The predicted molar refractivity (Wildman–Crippen MR) is 83.3 cm³/mol. The highest BCUT2D eigenvalue weighted by atomic mass is 16.5. The normalized spacial score (nSPS) is 24.6. The molecule has 1 atom stereocenters. The number of pyridine rings is 1. The van der Waals surface area contributed by atoms with Crippen LogP contribution in [0.1, 0.15) is 24.6 Å². The first-order valence-corrected chi connectivity index (χ1v) is 7.88. The van der Waals surface area contributed by atoms with Gasteiger partial charge in [0.1, 0.15) is 0 Å². The average Bonchev–Trinajstić information content (AvgIpc) is 3.00. The van der Waals surface area contributed by atoms with Gasteiger partial charge in [-0.2, -0.15) is 0 Å². The highest BCUT2D eigenvalue weighted by Gasteiger charge is 2.44. The molecule has 0 radical (unpaired) electrons. The Bertz CT molecular complexity index is 676. The summed E-state index contributed by atoms with van der Waals surface area (Å²) in [4.78, 5) is 16.1. The van der Waals surface area contributed by atoms with Crippen LogP contribution in [0.2, 0.25) is 0 Å². The maximum atomic E-state index is 5.85. The first kappa shape index (κ1) is 13.8. The Hall–Kier alpha value is -1.85. The Balaban J connectivity index is 1.77. The van der Waals surface area contributed by atoms with Crippen LogP contribution in [0.15, 0.2) is 30.7 Å². The van der Waals surface area contributed by atoms with Gasteiger partial charge in [-0.1, -0.05) is 6.92 Å². The van der Waals surface area contributed by atoms with Crippen molar-refractivity contribution >= 4 is 0 Å². The summed E-state index contributed by atoms with van der Waals surface area (Å²) < 4.78 is 5.85. The van der Waals surface area contributed by atoms with Gasteiger partial charge in [-0.3, -0.25) is 4.98 Å². The molecule has 1 spiro atoms. The zero-order valence-corrected chi connectivity index (χ0v) is 12.8. The molecule has 0 aliphatic carbocycles. The van der Waals surface area contributed by atoms with E-state index in [-0.39, 0.29) is 5.41 Å². The Kier molecular flexibility index (Phi) is 3.39. The van der Waals surface area contributed by atoms with Gasteiger partial charge in [0.2, 0.25) is 0 Å². The van der Waals surface area contributed by atoms with E-state index >= 15 is 0 Å². The smallest absolute Gasteiger partial charge is 0.160 e. The van der Waals surface area contributed by atoms with Crippen molar-refractivity contribution in [1.82, 2.24) is 19.9 Å². The third-order valence-corrected chi connectivity index (χ3v) is 4.80. The van der Waals surface area contributed by atoms with Gasteiger partial charge in [0.05, 0.1) is 24.3 Å². The highest BCUT2D eigenvalue weighted by Crippen LogP contribution is 2.39. The van der Waals surface area contributed by atoms with Crippen molar-refractivity contribution < 1.29 is 4.74 Å². The molecule has 5 heteroatoms. The summed E-state index contributed by atoms with van der Waals surface area (Å²) in [7, 11) is 0. The van der Waals surface area contributed by atoms with Crippen LogP contribution < -0.4 is 0 Å². The van der Waals surface area contributed by atoms with Crippen molar-refractivity contribution in [2.75, 3.05) is 26.2 Å². The minimum Gasteiger partial charge on any atom is -0.376 e. The van der Waals surface area contributed by atoms with Gasteiger partial charge in [-0.15, -0.1) is 0 Å². The first-order chi connectivity index (χ1) is 10.8. The zero-order valence-electron chi connectivity index (χ0n) is 12.8. The fraction of sp³-hybridized carbons (Fsp3) is 0.471. The van der Waals surface area contributed by atoms with Crippen molar-refractivity contribution in [3.63, 3.8) is 0 Å². The molecule has 0 aromatic carbocycles. The van der Waals surface area contributed by atoms with Gasteiger partial charge in [0.15, 0.2) is 5.82 Å². The molecule has 2 aliphatic rings. The van der Waals surface area contributed by atoms with Crippen molar-refractivity contribution in [2.24, 2.45) is 0 Å². The summed E-state index contributed by atoms with van der Waals surface area (Å²) in [6.07, 6.45) is 6.63. The van der Waals surface area contributed by atoms with E-state index in [0.717, 1.165) is 49.6 Å². The zero-order chi connectivity index (χ0) is 15.0. The summed E-state index contributed by atoms with van der Waals surface area (Å²) in [5, 5.41) is 0. The molecule has 1 fully saturated rings. The maximum absolute atomic E-state index is 5.85. The number of rotatable bonds is 2. The standard InChI is InChI=1S/C17H20N4O/c1-2-21-7-5-17(11-21)12-22-10-14-9-19-16(20-15(14)17)13-4-3-6-18-8-13/h3-4,6,8-9H,2,5,7,10-12H2,1H3. The SMILES string of the molecule is CCN1CCC2(COCc3cnc(-c4cccnc4)nc32)C1. The van der Waals surface area contributed by atoms with Crippen LogP contribution in [0, 0.1) is 0 Å². The lowest BCUT2D eigenvalue weighted by Crippen LogP contribution is -2.40. The van der Waals surface area contributed by atoms with Crippen LogP contribution in [0.3, 0.4) is 0 Å². The largest absolute Gasteiger partial charge is 0.376 e. The van der Waals surface area contributed by atoms with E-state index in [0.29, 0.717) is 6.61 Å². The van der Waals surface area contributed by atoms with E-state index in [1.54, 1.807) is 6.20 Å². The van der Waals surface area contributed by atoms with Crippen LogP contribution >= 0.6 is 0 Å². The molecule has 2 aliphatic heterocycles. The number of aromatic nitrogens is 3. The minimum atomic E-state index is 0.0312. The molecule has 2 aromatic heterocycles. The molecule has 0 amide bonds. The molecule has 1 saturated heterocycles. The first-order valence-electron chi connectivity index (χ1n) is 7.88. The summed E-state index contributed by atoms with van der Waals surface area (Å²) in [6, 6.07) is 3.93. The van der Waals surface area contributed by atoms with Gasteiger partial charge in [0, 0.05) is 36.3 Å². The van der Waals surface area contributed by atoms with Gasteiger partial charge >= 0.3 is 0 Å². The summed E-state index contributed by atoms with van der Waals surface area (Å²) in [6.45, 7) is 6.82. The summed E-state index contributed by atoms with van der Waals surface area (Å²) in [5.41, 5.74) is 3.32. The van der Waals surface area contributed by atoms with E-state index in [9.17, 15) is 0 Å². The van der Waals surface area contributed by atoms with Crippen molar-refractivity contribution in [1.29, 1.82) is 0 Å². The van der Waals surface area contributed by atoms with Gasteiger partial charge in [-0.05, 0) is 31.6 Å². The average molecular weight is 296 g/mol. The molecule has 2 aromatic rings. The molecule has 114 valence electrons. The highest BCUT2D eigenvalue weighted by molar-refractivity contribution is 5.54. The second-order valence-corrected chi connectivity index (χ2v) is 6.20. The van der Waals surface area contributed by atoms with E-state index in [1.807, 2.05) is 24.5 Å². The van der Waals surface area contributed by atoms with Crippen LogP contribution in [0.5, 0.6) is 0 Å². The van der Waals surface area contributed by atoms with Crippen molar-refractivity contribution in [3.05, 3.63) is 42.0 Å². The third-order valence-electron chi connectivity index (χ3n) is 4.80. The number of ether oxygens (including phenoxy) is 1. The Morgan fingerprint density at radius 3 is 3.09 bits per heavy atom. The Morgan fingerprint density at radius 1 is 1.36 bits per heavy atom. The van der Waals surface area contributed by atoms with Crippen LogP contribution in [0.4, 0.5) is 0 Å². The fourth-order valence-corrected chi connectivity index (χ4v) is 3.57. The Labute approximate surface area is 130 Å². The molecule has 22 heavy (non-hydrogen) atoms. The summed E-state index contributed by atoms with van der Waals surface area (Å²) in [5.74, 6) is 0.767. The lowest BCUT2D eigenvalue weighted by atomic mass is 9.80. The van der Waals surface area contributed by atoms with Crippen molar-refractivity contribution in [2.45, 2.75) is 25.4 Å². The lowest BCUT2D eigenvalue weighted by molar-refractivity contribution is 0.0508. The number of likely N-dealkylation sites (N-methyl/N-ethyl adjacent to an activating group) is 1. The molecular weight excluding hydrogens is 276 g/mol. The molecule has 0 bridgehead atoms. The van der Waals surface area contributed by atoms with E-state index in [4.69, 9.17) is 9.72 Å². The van der Waals surface area contributed by atoms with Gasteiger partial charge in [-0.25, -0.2) is 9.97 Å². The third kappa shape index (κ3) is 2.21. The number of hydrogen-bond donors (Lipinski definition) is 0. The van der Waals surface area contributed by atoms with Crippen LogP contribution in [0.25, 0.3) is 11.4 Å². The summed E-state index contributed by atoms with van der Waals surface area (Å²) >= 11 is 0. The maximum Gasteiger partial charge on any atom is 0.160 e. The second-order valence-electron chi connectivity index (χ2n) is 6.20. The Morgan fingerprint density at radius 2 is 2.32 bits per heavy atom. The molecular formula is C17H20N4O. The molecule has 4 rings (SSSR count). The molecule has 1 unspecified atom stereocenters. The van der Waals surface area contributed by atoms with Crippen LogP contribution in [-0.2, 0) is 16.8 Å². The van der Waals surface area contributed by atoms with E-state index < -0.39 is 0 Å². The number of nitrogens with zero attached hydrogens (tertiary/aromatic N) is 4. The monoisotopic (exact) mass is 296 g/mol. The number of likely N-dealkylation sites (tertiary alicyclic amines) is 1. The topological polar surface area (TPSA) is 51.1 Å². The minimum absolute atomic E-state index is 0.0312. The lowest BCUT2D eigenvalue weighted by Gasteiger charge is -2.34. The molecule has 4 heterocycles. The molecule has 0 N–H and O–H groups in total. The van der Waals surface area contributed by atoms with E-state index in [2.05, 4.69) is 21.8 Å². The quantitative estimate of drug-likeness (QED) is 0.849. The van der Waals surface area contributed by atoms with Crippen LogP contribution in [-0.4, -0.2) is 46.1 Å². The van der Waals surface area contributed by atoms with Gasteiger partial charge < -0.3 is 9.64 Å². The van der Waals surface area contributed by atoms with E-state index in [1.165, 1.54) is 5.69 Å². The number of hydrogen-bond acceptors (Lipinski definition) is 5. The van der Waals surface area contributed by atoms with Crippen molar-refractivity contribution in [3.8, 4) is 11.4 Å². The number of fused-ring (bicyclic) bond motifs is 2. The van der Waals surface area contributed by atoms with Gasteiger partial charge in [0.25, 0.3) is 0 Å². The predicted octanol–water partition coefficient (Wildman–Crippen LogP) is 2.03.